The van der Waals surface area contributed by atoms with Gasteiger partial charge in [-0.2, -0.15) is 0 Å². The zero-order chi connectivity index (χ0) is 13.6. The predicted octanol–water partition coefficient (Wildman–Crippen LogP) is 6.45. The monoisotopic (exact) mass is 252 g/mol. The molecule has 1 saturated carbocycles. The highest BCUT2D eigenvalue weighted by molar-refractivity contribution is 4.82. The van der Waals surface area contributed by atoms with Crippen LogP contribution in [-0.4, -0.2) is 0 Å². The minimum atomic E-state index is 0.529. The van der Waals surface area contributed by atoms with Crippen LogP contribution in [0.15, 0.2) is 0 Å². The van der Waals surface area contributed by atoms with E-state index >= 15 is 0 Å². The molecule has 0 amide bonds. The molecular formula is C18H36. The molecule has 0 aliphatic heterocycles. The Labute approximate surface area is 116 Å². The Balaban J connectivity index is 2.57. The van der Waals surface area contributed by atoms with E-state index in [0.29, 0.717) is 5.41 Å². The third kappa shape index (κ3) is 4.59. The average Bonchev–Trinajstić information content (AvgIpc) is 2.34. The Morgan fingerprint density at radius 3 is 2.06 bits per heavy atom. The van der Waals surface area contributed by atoms with Crippen molar-refractivity contribution in [2.45, 2.75) is 92.4 Å². The first kappa shape index (κ1) is 16.1. The van der Waals surface area contributed by atoms with E-state index in [2.05, 4.69) is 34.6 Å². The first-order valence-electron chi connectivity index (χ1n) is 8.48. The largest absolute Gasteiger partial charge is 0.0651 e. The maximum atomic E-state index is 2.51. The molecule has 0 aromatic heterocycles. The van der Waals surface area contributed by atoms with Crippen LogP contribution in [0.2, 0.25) is 0 Å². The van der Waals surface area contributed by atoms with Gasteiger partial charge >= 0.3 is 0 Å². The molecule has 18 heavy (non-hydrogen) atoms. The summed E-state index contributed by atoms with van der Waals surface area (Å²) in [4.78, 5) is 0. The van der Waals surface area contributed by atoms with Crippen LogP contribution >= 0.6 is 0 Å². The van der Waals surface area contributed by atoms with E-state index in [0.717, 1.165) is 17.8 Å². The maximum Gasteiger partial charge on any atom is -0.0303 e. The molecule has 0 bridgehead atoms. The highest BCUT2D eigenvalue weighted by Gasteiger charge is 2.31. The second-order valence-electron chi connectivity index (χ2n) is 7.52. The molecule has 0 spiro atoms. The van der Waals surface area contributed by atoms with Crippen LogP contribution in [0, 0.1) is 23.2 Å². The van der Waals surface area contributed by atoms with Gasteiger partial charge in [0.15, 0.2) is 0 Å². The van der Waals surface area contributed by atoms with Crippen molar-refractivity contribution in [1.82, 2.24) is 0 Å². The van der Waals surface area contributed by atoms with Crippen LogP contribution in [0.3, 0.4) is 0 Å². The van der Waals surface area contributed by atoms with Gasteiger partial charge in [0.1, 0.15) is 0 Å². The zero-order valence-corrected chi connectivity index (χ0v) is 13.6. The fraction of sp³-hybridized carbons (Fsp3) is 1.00. The van der Waals surface area contributed by atoms with Gasteiger partial charge in [0, 0.05) is 0 Å². The van der Waals surface area contributed by atoms with Crippen LogP contribution in [0.5, 0.6) is 0 Å². The normalized spacial score (nSPS) is 28.3. The molecule has 0 aromatic rings. The second kappa shape index (κ2) is 7.56. The molecule has 0 radical (unpaired) electrons. The Bertz CT molecular complexity index is 214. The van der Waals surface area contributed by atoms with E-state index in [1.165, 1.54) is 57.8 Å². The van der Waals surface area contributed by atoms with E-state index in [1.807, 2.05) is 0 Å². The SMILES string of the molecule is CCC1CCCCCC(C(C)(C)C(C)C)CCC1. The molecule has 2 atom stereocenters. The highest BCUT2D eigenvalue weighted by Crippen LogP contribution is 2.41. The van der Waals surface area contributed by atoms with Crippen molar-refractivity contribution in [3.8, 4) is 0 Å². The molecule has 0 heterocycles. The average molecular weight is 252 g/mol. The Hall–Kier alpha value is 0. The van der Waals surface area contributed by atoms with E-state index in [4.69, 9.17) is 0 Å². The fourth-order valence-corrected chi connectivity index (χ4v) is 3.57. The van der Waals surface area contributed by atoms with Gasteiger partial charge in [-0.3, -0.25) is 0 Å². The molecular weight excluding hydrogens is 216 g/mol. The van der Waals surface area contributed by atoms with Crippen LogP contribution in [0.25, 0.3) is 0 Å². The van der Waals surface area contributed by atoms with Crippen molar-refractivity contribution in [2.24, 2.45) is 23.2 Å². The summed E-state index contributed by atoms with van der Waals surface area (Å²) in [6.07, 6.45) is 13.2. The minimum absolute atomic E-state index is 0.529. The molecule has 1 aliphatic rings. The zero-order valence-electron chi connectivity index (χ0n) is 13.6. The van der Waals surface area contributed by atoms with Crippen molar-refractivity contribution < 1.29 is 0 Å². The van der Waals surface area contributed by atoms with Crippen LogP contribution in [0.1, 0.15) is 92.4 Å². The first-order chi connectivity index (χ1) is 8.48. The quantitative estimate of drug-likeness (QED) is 0.542. The van der Waals surface area contributed by atoms with Gasteiger partial charge in [0.2, 0.25) is 0 Å². The Morgan fingerprint density at radius 1 is 0.889 bits per heavy atom. The van der Waals surface area contributed by atoms with Gasteiger partial charge in [-0.1, -0.05) is 79.6 Å². The fourth-order valence-electron chi connectivity index (χ4n) is 3.57. The summed E-state index contributed by atoms with van der Waals surface area (Å²) in [7, 11) is 0. The molecule has 0 nitrogen and oxygen atoms in total. The summed E-state index contributed by atoms with van der Waals surface area (Å²) in [5.41, 5.74) is 0.529. The van der Waals surface area contributed by atoms with Crippen molar-refractivity contribution in [3.05, 3.63) is 0 Å². The standard InChI is InChI=1S/C18H36/c1-6-16-11-8-7-9-13-17(14-10-12-16)18(4,5)15(2)3/h15-17H,6-14H2,1-5H3. The minimum Gasteiger partial charge on any atom is -0.0651 e. The van der Waals surface area contributed by atoms with E-state index in [-0.39, 0.29) is 0 Å². The second-order valence-corrected chi connectivity index (χ2v) is 7.52. The van der Waals surface area contributed by atoms with Crippen molar-refractivity contribution in [3.63, 3.8) is 0 Å². The molecule has 1 fully saturated rings. The van der Waals surface area contributed by atoms with Gasteiger partial charge in [-0.15, -0.1) is 0 Å². The van der Waals surface area contributed by atoms with Crippen LogP contribution in [0.4, 0.5) is 0 Å². The molecule has 1 aliphatic carbocycles. The lowest BCUT2D eigenvalue weighted by Crippen LogP contribution is -2.30. The number of hydrogen-bond acceptors (Lipinski definition) is 0. The van der Waals surface area contributed by atoms with Gasteiger partial charge in [0.05, 0.1) is 0 Å². The lowest BCUT2D eigenvalue weighted by atomic mass is 9.66. The Morgan fingerprint density at radius 2 is 1.44 bits per heavy atom. The van der Waals surface area contributed by atoms with Gasteiger partial charge < -0.3 is 0 Å². The Kier molecular flexibility index (Phi) is 6.74. The predicted molar refractivity (Wildman–Crippen MR) is 82.8 cm³/mol. The number of rotatable bonds is 3. The number of hydrogen-bond donors (Lipinski definition) is 0. The van der Waals surface area contributed by atoms with Crippen molar-refractivity contribution >= 4 is 0 Å². The maximum absolute atomic E-state index is 2.51. The molecule has 1 rings (SSSR count). The van der Waals surface area contributed by atoms with Crippen molar-refractivity contribution in [2.75, 3.05) is 0 Å². The highest BCUT2D eigenvalue weighted by atomic mass is 14.4. The third-order valence-electron chi connectivity index (χ3n) is 5.95. The summed E-state index contributed by atoms with van der Waals surface area (Å²) in [6, 6.07) is 0. The molecule has 0 aromatic carbocycles. The van der Waals surface area contributed by atoms with Crippen LogP contribution < -0.4 is 0 Å². The van der Waals surface area contributed by atoms with E-state index in [1.54, 1.807) is 0 Å². The van der Waals surface area contributed by atoms with Crippen molar-refractivity contribution in [1.29, 1.82) is 0 Å². The molecule has 2 unspecified atom stereocenters. The molecule has 108 valence electrons. The smallest absolute Gasteiger partial charge is 0.0303 e. The molecule has 0 saturated heterocycles. The summed E-state index contributed by atoms with van der Waals surface area (Å²) in [5, 5.41) is 0. The lowest BCUT2D eigenvalue weighted by Gasteiger charge is -2.39. The summed E-state index contributed by atoms with van der Waals surface area (Å²) < 4.78 is 0. The summed E-state index contributed by atoms with van der Waals surface area (Å²) in [5.74, 6) is 2.78. The summed E-state index contributed by atoms with van der Waals surface area (Å²) in [6.45, 7) is 12.2. The molecule has 0 heteroatoms. The lowest BCUT2D eigenvalue weighted by molar-refractivity contribution is 0.111. The van der Waals surface area contributed by atoms with E-state index < -0.39 is 0 Å². The van der Waals surface area contributed by atoms with E-state index in [9.17, 15) is 0 Å². The molecule has 0 N–H and O–H groups in total. The topological polar surface area (TPSA) is 0 Å². The van der Waals surface area contributed by atoms with Gasteiger partial charge in [-0.25, -0.2) is 0 Å². The van der Waals surface area contributed by atoms with Gasteiger partial charge in [-0.05, 0) is 36.0 Å². The van der Waals surface area contributed by atoms with Crippen LogP contribution in [-0.2, 0) is 0 Å². The summed E-state index contributed by atoms with van der Waals surface area (Å²) >= 11 is 0. The van der Waals surface area contributed by atoms with Gasteiger partial charge in [0.25, 0.3) is 0 Å². The first-order valence-corrected chi connectivity index (χ1v) is 8.48. The third-order valence-corrected chi connectivity index (χ3v) is 5.95.